The molecule has 2 aromatic rings. The predicted octanol–water partition coefficient (Wildman–Crippen LogP) is 4.89. The van der Waals surface area contributed by atoms with Crippen LogP contribution in [0.5, 0.6) is 0 Å². The highest BCUT2D eigenvalue weighted by Gasteiger charge is 2.20. The van der Waals surface area contributed by atoms with Crippen molar-refractivity contribution < 1.29 is 14.3 Å². The third kappa shape index (κ3) is 5.99. The fraction of sp³-hybridized carbons (Fsp3) is 0.364. The van der Waals surface area contributed by atoms with Crippen LogP contribution < -0.4 is 5.32 Å². The van der Waals surface area contributed by atoms with Crippen LogP contribution in [-0.4, -0.2) is 30.0 Å². The number of ether oxygens (including phenoxy) is 1. The Balaban J connectivity index is 1.46. The van der Waals surface area contributed by atoms with Gasteiger partial charge in [0, 0.05) is 23.8 Å². The number of rotatable bonds is 5. The van der Waals surface area contributed by atoms with Crippen molar-refractivity contribution in [1.82, 2.24) is 4.90 Å². The van der Waals surface area contributed by atoms with E-state index in [9.17, 15) is 9.59 Å². The molecule has 1 heterocycles. The number of nitrogens with zero attached hydrogens (tertiary/aromatic N) is 1. The van der Waals surface area contributed by atoms with Crippen LogP contribution in [0, 0.1) is 5.92 Å². The standard InChI is InChI=1S/C22H25ClN2O3/c1-16-3-2-12-25(14-16)21(26)13-17-6-10-20(11-7-17)24-22(27)28-15-18-4-8-19(23)9-5-18/h4-11,16H,2-3,12-15H2,1H3,(H,24,27)/t16-/m0/s1. The zero-order valence-corrected chi connectivity index (χ0v) is 16.7. The molecule has 5 nitrogen and oxygen atoms in total. The van der Waals surface area contributed by atoms with Crippen LogP contribution in [0.25, 0.3) is 0 Å². The van der Waals surface area contributed by atoms with Gasteiger partial charge in [-0.3, -0.25) is 10.1 Å². The van der Waals surface area contributed by atoms with Gasteiger partial charge in [0.15, 0.2) is 0 Å². The minimum absolute atomic E-state index is 0.162. The van der Waals surface area contributed by atoms with Crippen molar-refractivity contribution in [1.29, 1.82) is 0 Å². The summed E-state index contributed by atoms with van der Waals surface area (Å²) in [5.74, 6) is 0.734. The smallest absolute Gasteiger partial charge is 0.411 e. The van der Waals surface area contributed by atoms with Crippen molar-refractivity contribution in [2.75, 3.05) is 18.4 Å². The van der Waals surface area contributed by atoms with Crippen molar-refractivity contribution in [3.8, 4) is 0 Å². The molecule has 1 atom stereocenters. The first kappa shape index (κ1) is 20.2. The number of carbonyl (C=O) groups excluding carboxylic acids is 2. The van der Waals surface area contributed by atoms with Gasteiger partial charge < -0.3 is 9.64 Å². The van der Waals surface area contributed by atoms with Crippen LogP contribution >= 0.6 is 11.6 Å². The molecule has 1 N–H and O–H groups in total. The van der Waals surface area contributed by atoms with Gasteiger partial charge in [0.05, 0.1) is 6.42 Å². The maximum Gasteiger partial charge on any atom is 0.411 e. The van der Waals surface area contributed by atoms with E-state index in [0.29, 0.717) is 23.0 Å². The third-order valence-electron chi connectivity index (χ3n) is 4.85. The number of amides is 2. The topological polar surface area (TPSA) is 58.6 Å². The van der Waals surface area contributed by atoms with E-state index in [4.69, 9.17) is 16.3 Å². The molecule has 28 heavy (non-hydrogen) atoms. The largest absolute Gasteiger partial charge is 0.444 e. The summed E-state index contributed by atoms with van der Waals surface area (Å²) in [5.41, 5.74) is 2.42. The second kappa shape index (κ2) is 9.60. The van der Waals surface area contributed by atoms with Crippen LogP contribution in [0.2, 0.25) is 5.02 Å². The first-order chi connectivity index (χ1) is 13.5. The highest BCUT2D eigenvalue weighted by Crippen LogP contribution is 2.18. The van der Waals surface area contributed by atoms with Gasteiger partial charge in [-0.1, -0.05) is 42.8 Å². The van der Waals surface area contributed by atoms with E-state index < -0.39 is 6.09 Å². The van der Waals surface area contributed by atoms with Crippen molar-refractivity contribution in [3.63, 3.8) is 0 Å². The Bertz CT molecular complexity index is 806. The molecule has 6 heteroatoms. The van der Waals surface area contributed by atoms with E-state index in [1.54, 1.807) is 24.3 Å². The molecule has 2 aromatic carbocycles. The van der Waals surface area contributed by atoms with Gasteiger partial charge in [0.2, 0.25) is 5.91 Å². The summed E-state index contributed by atoms with van der Waals surface area (Å²) in [6, 6.07) is 14.4. The summed E-state index contributed by atoms with van der Waals surface area (Å²) < 4.78 is 5.20. The molecule has 1 aliphatic rings. The van der Waals surface area contributed by atoms with Crippen molar-refractivity contribution in [2.24, 2.45) is 5.92 Å². The minimum atomic E-state index is -0.527. The zero-order valence-electron chi connectivity index (χ0n) is 16.0. The van der Waals surface area contributed by atoms with Gasteiger partial charge in [0.1, 0.15) is 6.61 Å². The van der Waals surface area contributed by atoms with Gasteiger partial charge in [0.25, 0.3) is 0 Å². The molecule has 0 spiro atoms. The van der Waals surface area contributed by atoms with Crippen LogP contribution in [-0.2, 0) is 22.6 Å². The van der Waals surface area contributed by atoms with Gasteiger partial charge in [-0.15, -0.1) is 0 Å². The monoisotopic (exact) mass is 400 g/mol. The molecule has 1 aliphatic heterocycles. The number of nitrogens with one attached hydrogen (secondary N) is 1. The van der Waals surface area contributed by atoms with Gasteiger partial charge in [-0.05, 0) is 54.2 Å². The zero-order chi connectivity index (χ0) is 19.9. The molecular weight excluding hydrogens is 376 g/mol. The van der Waals surface area contributed by atoms with E-state index in [-0.39, 0.29) is 12.5 Å². The molecule has 0 saturated carbocycles. The highest BCUT2D eigenvalue weighted by atomic mass is 35.5. The molecule has 0 unspecified atom stereocenters. The van der Waals surface area contributed by atoms with Crippen LogP contribution in [0.1, 0.15) is 30.9 Å². The van der Waals surface area contributed by atoms with Crippen molar-refractivity contribution in [2.45, 2.75) is 32.8 Å². The molecule has 0 bridgehead atoms. The van der Waals surface area contributed by atoms with E-state index in [2.05, 4.69) is 12.2 Å². The number of carbonyl (C=O) groups is 2. The normalized spacial score (nSPS) is 16.5. The average Bonchev–Trinajstić information content (AvgIpc) is 2.69. The molecule has 3 rings (SSSR count). The summed E-state index contributed by atoms with van der Waals surface area (Å²) in [5, 5.41) is 3.33. The lowest BCUT2D eigenvalue weighted by Crippen LogP contribution is -2.39. The average molecular weight is 401 g/mol. The van der Waals surface area contributed by atoms with Crippen LogP contribution in [0.3, 0.4) is 0 Å². The number of likely N-dealkylation sites (tertiary alicyclic amines) is 1. The molecule has 0 radical (unpaired) electrons. The number of anilines is 1. The second-order valence-corrected chi connectivity index (χ2v) is 7.72. The lowest BCUT2D eigenvalue weighted by atomic mass is 9.99. The van der Waals surface area contributed by atoms with Crippen molar-refractivity contribution in [3.05, 3.63) is 64.7 Å². The number of benzene rings is 2. The summed E-state index contributed by atoms with van der Waals surface area (Å²) in [7, 11) is 0. The number of hydrogen-bond acceptors (Lipinski definition) is 3. The number of halogens is 1. The van der Waals surface area contributed by atoms with Crippen LogP contribution in [0.15, 0.2) is 48.5 Å². The Kier molecular flexibility index (Phi) is 6.93. The Hall–Kier alpha value is -2.53. The first-order valence-corrected chi connectivity index (χ1v) is 9.92. The number of piperidine rings is 1. The quantitative estimate of drug-likeness (QED) is 0.777. The molecule has 1 fully saturated rings. The number of hydrogen-bond donors (Lipinski definition) is 1. The third-order valence-corrected chi connectivity index (χ3v) is 5.10. The van der Waals surface area contributed by atoms with Gasteiger partial charge >= 0.3 is 6.09 Å². The molecule has 0 aliphatic carbocycles. The maximum absolute atomic E-state index is 12.4. The van der Waals surface area contributed by atoms with E-state index in [0.717, 1.165) is 30.6 Å². The SMILES string of the molecule is C[C@H]1CCCN(C(=O)Cc2ccc(NC(=O)OCc3ccc(Cl)cc3)cc2)C1. The summed E-state index contributed by atoms with van der Waals surface area (Å²) in [6.07, 6.45) is 2.13. The lowest BCUT2D eigenvalue weighted by molar-refractivity contribution is -0.132. The molecule has 0 aromatic heterocycles. The van der Waals surface area contributed by atoms with E-state index >= 15 is 0 Å². The molecule has 148 valence electrons. The summed E-state index contributed by atoms with van der Waals surface area (Å²) in [6.45, 7) is 4.05. The summed E-state index contributed by atoms with van der Waals surface area (Å²) in [4.78, 5) is 26.3. The minimum Gasteiger partial charge on any atom is -0.444 e. The maximum atomic E-state index is 12.4. The second-order valence-electron chi connectivity index (χ2n) is 7.29. The Morgan fingerprint density at radius 2 is 1.79 bits per heavy atom. The lowest BCUT2D eigenvalue weighted by Gasteiger charge is -2.31. The Morgan fingerprint density at radius 3 is 2.46 bits per heavy atom. The van der Waals surface area contributed by atoms with E-state index in [1.807, 2.05) is 29.2 Å². The van der Waals surface area contributed by atoms with Crippen LogP contribution in [0.4, 0.5) is 10.5 Å². The summed E-state index contributed by atoms with van der Waals surface area (Å²) >= 11 is 5.83. The molecule has 2 amide bonds. The first-order valence-electron chi connectivity index (χ1n) is 9.54. The predicted molar refractivity (Wildman–Crippen MR) is 110 cm³/mol. The van der Waals surface area contributed by atoms with Gasteiger partial charge in [-0.2, -0.15) is 0 Å². The van der Waals surface area contributed by atoms with E-state index in [1.165, 1.54) is 6.42 Å². The highest BCUT2D eigenvalue weighted by molar-refractivity contribution is 6.30. The van der Waals surface area contributed by atoms with Gasteiger partial charge in [-0.25, -0.2) is 4.79 Å². The fourth-order valence-electron chi connectivity index (χ4n) is 3.29. The molecular formula is C22H25ClN2O3. The Morgan fingerprint density at radius 1 is 1.11 bits per heavy atom. The molecule has 1 saturated heterocycles. The Labute approximate surface area is 170 Å². The fourth-order valence-corrected chi connectivity index (χ4v) is 3.42. The van der Waals surface area contributed by atoms with Crippen molar-refractivity contribution >= 4 is 29.3 Å².